The van der Waals surface area contributed by atoms with Crippen LogP contribution < -0.4 is 10.6 Å². The molecule has 1 aromatic carbocycles. The van der Waals surface area contributed by atoms with Crippen molar-refractivity contribution in [2.45, 2.75) is 122 Å². The SMILES string of the molecule is CCC(C)(CCNC)OCC(C)(CC)OCc1cn(Cc2cccc3c2CN(C(=O)C[C@@H]2C[C@@H](C(=O)N4CC(F)(F)C[C@H]4C#N)NC2=O)C3)nn1. The molecule has 5 atom stereocenters. The number of carbonyl (C=O) groups excluding carboxylic acids is 3. The third-order valence-electron chi connectivity index (χ3n) is 10.7. The fraction of sp³-hybridized carbons (Fsp3) is 0.667. The maximum Gasteiger partial charge on any atom is 0.268 e. The Kier molecular flexibility index (Phi) is 11.8. The Bertz CT molecular complexity index is 1630. The van der Waals surface area contributed by atoms with E-state index in [2.05, 4.69) is 41.7 Å². The second-order valence-electron chi connectivity index (χ2n) is 14.6. The zero-order valence-electron chi connectivity index (χ0n) is 30.2. The van der Waals surface area contributed by atoms with Gasteiger partial charge in [0, 0.05) is 31.8 Å². The molecular weight excluding hydrogens is 662 g/mol. The molecule has 0 saturated carbocycles. The number of rotatable bonds is 16. The van der Waals surface area contributed by atoms with Crippen LogP contribution in [0.25, 0.3) is 0 Å². The molecule has 13 nitrogen and oxygen atoms in total. The van der Waals surface area contributed by atoms with Crippen LogP contribution in [0.5, 0.6) is 0 Å². The largest absolute Gasteiger partial charge is 0.372 e. The summed E-state index contributed by atoms with van der Waals surface area (Å²) < 4.78 is 42.3. The molecule has 0 bridgehead atoms. The Hall–Kier alpha value is -4.00. The van der Waals surface area contributed by atoms with Crippen LogP contribution in [0.4, 0.5) is 8.78 Å². The van der Waals surface area contributed by atoms with Crippen LogP contribution in [-0.4, -0.2) is 98.5 Å². The van der Waals surface area contributed by atoms with Gasteiger partial charge in [0.15, 0.2) is 0 Å². The standard InChI is InChI=1S/C36H50F2N8O5/c1-6-34(3,11-12-40-5)51-23-35(4,7-2)50-21-27-19-45(43-42-27)18-25-10-8-9-24-17-44(20-29(24)25)31(47)14-26-13-30(41-32(26)48)33(49)46-22-36(37,38)15-28(46)16-39/h8-10,19,26,28,30,40H,6-7,11-15,17-18,20-23H2,1-5H3,(H,41,48)/t26-,28-,30-,34?,35?/m0/s1. The van der Waals surface area contributed by atoms with Crippen molar-refractivity contribution in [1.29, 1.82) is 5.26 Å². The Morgan fingerprint density at radius 2 is 1.94 bits per heavy atom. The second kappa shape index (κ2) is 15.7. The van der Waals surface area contributed by atoms with E-state index in [0.29, 0.717) is 31.9 Å². The third kappa shape index (κ3) is 9.09. The van der Waals surface area contributed by atoms with Crippen LogP contribution in [-0.2, 0) is 50.1 Å². The smallest absolute Gasteiger partial charge is 0.268 e. The van der Waals surface area contributed by atoms with Crippen molar-refractivity contribution in [3.63, 3.8) is 0 Å². The van der Waals surface area contributed by atoms with Gasteiger partial charge < -0.3 is 29.9 Å². The van der Waals surface area contributed by atoms with Gasteiger partial charge >= 0.3 is 0 Å². The normalized spacial score (nSPS) is 23.4. The molecule has 4 heterocycles. The van der Waals surface area contributed by atoms with Crippen LogP contribution in [0.1, 0.15) is 88.6 Å². The average molecular weight is 713 g/mol. The number of hydrogen-bond donors (Lipinski definition) is 2. The van der Waals surface area contributed by atoms with Crippen LogP contribution in [0.2, 0.25) is 0 Å². The number of nitriles is 1. The first kappa shape index (κ1) is 38.2. The zero-order valence-corrected chi connectivity index (χ0v) is 30.2. The van der Waals surface area contributed by atoms with Gasteiger partial charge in [0.05, 0.1) is 49.8 Å². The number of alkyl halides is 2. The van der Waals surface area contributed by atoms with Crippen molar-refractivity contribution < 1.29 is 32.6 Å². The number of ether oxygens (including phenoxy) is 2. The maximum atomic E-state index is 13.9. The van der Waals surface area contributed by atoms with Gasteiger partial charge in [-0.15, -0.1) is 5.10 Å². The molecule has 278 valence electrons. The Morgan fingerprint density at radius 3 is 2.65 bits per heavy atom. The van der Waals surface area contributed by atoms with Crippen LogP contribution in [0, 0.1) is 17.2 Å². The summed E-state index contributed by atoms with van der Waals surface area (Å²) in [5, 5.41) is 23.7. The monoisotopic (exact) mass is 712 g/mol. The first-order valence-corrected chi connectivity index (χ1v) is 17.8. The molecule has 2 fully saturated rings. The highest BCUT2D eigenvalue weighted by atomic mass is 19.3. The number of amides is 3. The molecular formula is C36H50F2N8O5. The molecule has 15 heteroatoms. The van der Waals surface area contributed by atoms with Gasteiger partial charge in [0.25, 0.3) is 5.92 Å². The van der Waals surface area contributed by atoms with Gasteiger partial charge in [0.2, 0.25) is 17.7 Å². The van der Waals surface area contributed by atoms with Crippen molar-refractivity contribution >= 4 is 17.7 Å². The van der Waals surface area contributed by atoms with E-state index in [1.54, 1.807) is 15.7 Å². The average Bonchev–Trinajstić information content (AvgIpc) is 3.91. The van der Waals surface area contributed by atoms with Gasteiger partial charge in [-0.3, -0.25) is 14.4 Å². The number of nitrogens with one attached hydrogen (secondary N) is 2. The number of aromatic nitrogens is 3. The van der Waals surface area contributed by atoms with E-state index < -0.39 is 54.3 Å². The fourth-order valence-corrected chi connectivity index (χ4v) is 6.82. The summed E-state index contributed by atoms with van der Waals surface area (Å²) >= 11 is 0. The number of halogens is 2. The number of likely N-dealkylation sites (tertiary alicyclic amines) is 1. The lowest BCUT2D eigenvalue weighted by molar-refractivity contribution is -0.143. The highest BCUT2D eigenvalue weighted by Crippen LogP contribution is 2.34. The van der Waals surface area contributed by atoms with Crippen LogP contribution in [0.15, 0.2) is 24.4 Å². The minimum Gasteiger partial charge on any atom is -0.372 e. The quantitative estimate of drug-likeness (QED) is 0.267. The van der Waals surface area contributed by atoms with Gasteiger partial charge in [-0.05, 0) is 69.8 Å². The van der Waals surface area contributed by atoms with E-state index in [1.807, 2.05) is 38.4 Å². The zero-order chi connectivity index (χ0) is 37.0. The Labute approximate surface area is 298 Å². The minimum atomic E-state index is -3.15. The predicted octanol–water partition coefficient (Wildman–Crippen LogP) is 3.30. The molecule has 1 aromatic heterocycles. The molecule has 3 amide bonds. The molecule has 0 radical (unpaired) electrons. The van der Waals surface area contributed by atoms with Crippen molar-refractivity contribution in [3.8, 4) is 6.07 Å². The molecule has 3 aliphatic rings. The van der Waals surface area contributed by atoms with Crippen molar-refractivity contribution in [3.05, 3.63) is 46.8 Å². The summed E-state index contributed by atoms with van der Waals surface area (Å²) in [4.78, 5) is 41.6. The number of fused-ring (bicyclic) bond motifs is 1. The number of benzene rings is 1. The minimum absolute atomic E-state index is 0.00718. The number of hydrogen-bond acceptors (Lipinski definition) is 9. The van der Waals surface area contributed by atoms with Crippen molar-refractivity contribution in [2.75, 3.05) is 26.7 Å². The lowest BCUT2D eigenvalue weighted by atomic mass is 9.97. The maximum absolute atomic E-state index is 13.9. The molecule has 5 rings (SSSR count). The molecule has 2 saturated heterocycles. The summed E-state index contributed by atoms with van der Waals surface area (Å²) in [7, 11) is 1.94. The summed E-state index contributed by atoms with van der Waals surface area (Å²) in [5.74, 6) is -5.35. The van der Waals surface area contributed by atoms with E-state index in [-0.39, 0.29) is 31.0 Å². The van der Waals surface area contributed by atoms with E-state index in [9.17, 15) is 28.4 Å². The van der Waals surface area contributed by atoms with E-state index in [0.717, 1.165) is 47.4 Å². The molecule has 51 heavy (non-hydrogen) atoms. The van der Waals surface area contributed by atoms with Gasteiger partial charge in [-0.1, -0.05) is 37.3 Å². The third-order valence-corrected chi connectivity index (χ3v) is 10.7. The first-order chi connectivity index (χ1) is 24.2. The highest BCUT2D eigenvalue weighted by Gasteiger charge is 2.50. The Morgan fingerprint density at radius 1 is 1.18 bits per heavy atom. The number of nitrogens with zero attached hydrogens (tertiary/aromatic N) is 6. The first-order valence-electron chi connectivity index (χ1n) is 17.8. The molecule has 2 N–H and O–H groups in total. The topological polar surface area (TPSA) is 155 Å². The van der Waals surface area contributed by atoms with E-state index in [4.69, 9.17) is 9.47 Å². The summed E-state index contributed by atoms with van der Waals surface area (Å²) in [6.07, 6.45) is 3.59. The Balaban J connectivity index is 1.14. The van der Waals surface area contributed by atoms with Crippen LogP contribution >= 0.6 is 0 Å². The summed E-state index contributed by atoms with van der Waals surface area (Å²) in [5.41, 5.74) is 2.97. The molecule has 0 spiro atoms. The molecule has 2 unspecified atom stereocenters. The van der Waals surface area contributed by atoms with E-state index >= 15 is 0 Å². The number of carbonyl (C=O) groups is 3. The fourth-order valence-electron chi connectivity index (χ4n) is 6.82. The highest BCUT2D eigenvalue weighted by molar-refractivity contribution is 5.94. The van der Waals surface area contributed by atoms with Crippen LogP contribution in [0.3, 0.4) is 0 Å². The lowest BCUT2D eigenvalue weighted by Crippen LogP contribution is -2.46. The summed E-state index contributed by atoms with van der Waals surface area (Å²) in [6.45, 7) is 10.3. The van der Waals surface area contributed by atoms with E-state index in [1.165, 1.54) is 0 Å². The second-order valence-corrected chi connectivity index (χ2v) is 14.6. The van der Waals surface area contributed by atoms with Crippen molar-refractivity contribution in [2.24, 2.45) is 5.92 Å². The van der Waals surface area contributed by atoms with Gasteiger partial charge in [0.1, 0.15) is 17.8 Å². The van der Waals surface area contributed by atoms with Gasteiger partial charge in [-0.25, -0.2) is 13.5 Å². The summed E-state index contributed by atoms with van der Waals surface area (Å²) in [6, 6.07) is 5.35. The van der Waals surface area contributed by atoms with Crippen molar-refractivity contribution in [1.82, 2.24) is 35.4 Å². The molecule has 2 aromatic rings. The lowest BCUT2D eigenvalue weighted by Gasteiger charge is -2.35. The van der Waals surface area contributed by atoms with Gasteiger partial charge in [-0.2, -0.15) is 5.26 Å². The molecule has 0 aliphatic carbocycles. The predicted molar refractivity (Wildman–Crippen MR) is 182 cm³/mol. The molecule has 3 aliphatic heterocycles.